The molecule has 5 nitrogen and oxygen atoms in total. The molecule has 0 radical (unpaired) electrons. The zero-order valence-corrected chi connectivity index (χ0v) is 14.3. The molecule has 1 aromatic carbocycles. The van der Waals surface area contributed by atoms with Crippen LogP contribution in [0.1, 0.15) is 17.0 Å². The van der Waals surface area contributed by atoms with Gasteiger partial charge < -0.3 is 14.2 Å². The normalized spacial score (nSPS) is 13.0. The molecule has 3 heterocycles. The number of nitrogens with zero attached hydrogens (tertiary/aromatic N) is 3. The number of hydrogen-bond acceptors (Lipinski definition) is 5. The van der Waals surface area contributed by atoms with E-state index in [-0.39, 0.29) is 0 Å². The maximum absolute atomic E-state index is 5.65. The summed E-state index contributed by atoms with van der Waals surface area (Å²) in [5, 5.41) is 3.89. The standard InChI is InChI=1S/C20H19N3O2/c1-14-18(12-22-25-14)17-10-15-6-5-9-23(19(15)11-20(17)24-2)13-16-7-3-4-8-21-16/h3-5,7-12H,6,13H2,1-2H3. The summed E-state index contributed by atoms with van der Waals surface area (Å²) in [4.78, 5) is 6.63. The van der Waals surface area contributed by atoms with Gasteiger partial charge in [-0.2, -0.15) is 0 Å². The highest BCUT2D eigenvalue weighted by Crippen LogP contribution is 2.39. The molecule has 4 rings (SSSR count). The van der Waals surface area contributed by atoms with Crippen molar-refractivity contribution in [1.82, 2.24) is 10.1 Å². The number of pyridine rings is 1. The van der Waals surface area contributed by atoms with Crippen LogP contribution in [-0.4, -0.2) is 17.3 Å². The van der Waals surface area contributed by atoms with Gasteiger partial charge in [0.05, 0.1) is 25.5 Å². The van der Waals surface area contributed by atoms with Crippen molar-refractivity contribution in [2.75, 3.05) is 12.0 Å². The first-order valence-corrected chi connectivity index (χ1v) is 8.22. The summed E-state index contributed by atoms with van der Waals surface area (Å²) in [6.45, 7) is 2.63. The minimum atomic E-state index is 0.721. The molecule has 0 bridgehead atoms. The number of aromatic nitrogens is 2. The molecule has 0 aliphatic carbocycles. The van der Waals surface area contributed by atoms with Crippen molar-refractivity contribution in [1.29, 1.82) is 0 Å². The molecule has 5 heteroatoms. The van der Waals surface area contributed by atoms with E-state index >= 15 is 0 Å². The van der Waals surface area contributed by atoms with E-state index in [9.17, 15) is 0 Å². The minimum absolute atomic E-state index is 0.721. The summed E-state index contributed by atoms with van der Waals surface area (Å²) in [6.07, 6.45) is 8.73. The van der Waals surface area contributed by atoms with E-state index in [4.69, 9.17) is 9.26 Å². The lowest BCUT2D eigenvalue weighted by Gasteiger charge is -2.27. The van der Waals surface area contributed by atoms with E-state index in [1.807, 2.05) is 31.3 Å². The highest BCUT2D eigenvalue weighted by atomic mass is 16.5. The number of rotatable bonds is 4. The molecule has 1 aliphatic heterocycles. The second kappa shape index (κ2) is 6.43. The summed E-state index contributed by atoms with van der Waals surface area (Å²) >= 11 is 0. The first-order chi connectivity index (χ1) is 12.3. The van der Waals surface area contributed by atoms with Gasteiger partial charge >= 0.3 is 0 Å². The zero-order valence-electron chi connectivity index (χ0n) is 14.3. The van der Waals surface area contributed by atoms with Gasteiger partial charge in [-0.3, -0.25) is 4.98 Å². The van der Waals surface area contributed by atoms with Crippen LogP contribution in [0.25, 0.3) is 11.1 Å². The molecule has 126 valence electrons. The fraction of sp³-hybridized carbons (Fsp3) is 0.200. The molecule has 0 N–H and O–H groups in total. The Kier molecular flexibility index (Phi) is 3.98. The third-order valence-corrected chi connectivity index (χ3v) is 4.43. The number of methoxy groups -OCH3 is 1. The second-order valence-electron chi connectivity index (χ2n) is 6.01. The fourth-order valence-electron chi connectivity index (χ4n) is 3.17. The average molecular weight is 333 g/mol. The third kappa shape index (κ3) is 2.89. The Balaban J connectivity index is 1.75. The van der Waals surface area contributed by atoms with Crippen molar-refractivity contribution in [2.24, 2.45) is 0 Å². The van der Waals surface area contributed by atoms with Crippen LogP contribution < -0.4 is 9.64 Å². The van der Waals surface area contributed by atoms with Gasteiger partial charge in [0.25, 0.3) is 0 Å². The Morgan fingerprint density at radius 2 is 2.16 bits per heavy atom. The molecule has 3 aromatic rings. The molecular formula is C20H19N3O2. The topological polar surface area (TPSA) is 51.4 Å². The number of hydrogen-bond donors (Lipinski definition) is 0. The number of ether oxygens (including phenoxy) is 1. The highest BCUT2D eigenvalue weighted by molar-refractivity contribution is 5.77. The third-order valence-electron chi connectivity index (χ3n) is 4.43. The van der Waals surface area contributed by atoms with Gasteiger partial charge in [0, 0.05) is 35.3 Å². The molecule has 0 spiro atoms. The van der Waals surface area contributed by atoms with Crippen molar-refractivity contribution in [3.05, 3.63) is 72.0 Å². The largest absolute Gasteiger partial charge is 0.496 e. The van der Waals surface area contributed by atoms with E-state index in [0.717, 1.165) is 47.0 Å². The first kappa shape index (κ1) is 15.4. The number of benzene rings is 1. The fourth-order valence-corrected chi connectivity index (χ4v) is 3.17. The van der Waals surface area contributed by atoms with Crippen molar-refractivity contribution in [3.8, 4) is 16.9 Å². The molecule has 0 saturated heterocycles. The van der Waals surface area contributed by atoms with Crippen LogP contribution >= 0.6 is 0 Å². The van der Waals surface area contributed by atoms with Crippen molar-refractivity contribution < 1.29 is 9.26 Å². The first-order valence-electron chi connectivity index (χ1n) is 8.22. The van der Waals surface area contributed by atoms with E-state index in [0.29, 0.717) is 0 Å². The maximum Gasteiger partial charge on any atom is 0.141 e. The van der Waals surface area contributed by atoms with Crippen LogP contribution in [0.5, 0.6) is 5.75 Å². The summed E-state index contributed by atoms with van der Waals surface area (Å²) < 4.78 is 10.9. The lowest BCUT2D eigenvalue weighted by atomic mass is 9.97. The number of fused-ring (bicyclic) bond motifs is 1. The van der Waals surface area contributed by atoms with Crippen molar-refractivity contribution in [2.45, 2.75) is 19.9 Å². The van der Waals surface area contributed by atoms with Crippen LogP contribution in [-0.2, 0) is 13.0 Å². The minimum Gasteiger partial charge on any atom is -0.496 e. The number of aryl methyl sites for hydroxylation is 1. The molecule has 0 fully saturated rings. The smallest absolute Gasteiger partial charge is 0.141 e. The average Bonchev–Trinajstić information content (AvgIpc) is 3.07. The quantitative estimate of drug-likeness (QED) is 0.718. The zero-order chi connectivity index (χ0) is 17.2. The van der Waals surface area contributed by atoms with Gasteiger partial charge in [-0.1, -0.05) is 17.3 Å². The van der Waals surface area contributed by atoms with Crippen LogP contribution in [0.2, 0.25) is 0 Å². The Hall–Kier alpha value is -3.08. The Morgan fingerprint density at radius 1 is 1.24 bits per heavy atom. The maximum atomic E-state index is 5.65. The van der Waals surface area contributed by atoms with E-state index in [1.54, 1.807) is 13.3 Å². The molecule has 0 atom stereocenters. The Labute approximate surface area is 146 Å². The second-order valence-corrected chi connectivity index (χ2v) is 6.01. The van der Waals surface area contributed by atoms with E-state index in [2.05, 4.69) is 39.4 Å². The number of allylic oxidation sites excluding steroid dienone is 1. The van der Waals surface area contributed by atoms with Gasteiger partial charge in [-0.25, -0.2) is 0 Å². The monoisotopic (exact) mass is 333 g/mol. The predicted molar refractivity (Wildman–Crippen MR) is 96.5 cm³/mol. The SMILES string of the molecule is COc1cc2c(cc1-c1cnoc1C)CC=CN2Cc1ccccn1. The number of anilines is 1. The van der Waals surface area contributed by atoms with Crippen LogP contribution in [0.15, 0.2) is 59.5 Å². The van der Waals surface area contributed by atoms with E-state index in [1.165, 1.54) is 5.56 Å². The molecule has 1 aliphatic rings. The summed E-state index contributed by atoms with van der Waals surface area (Å²) in [5.41, 5.74) is 5.38. The van der Waals surface area contributed by atoms with Gasteiger partial charge in [-0.05, 0) is 37.1 Å². The Morgan fingerprint density at radius 3 is 2.88 bits per heavy atom. The van der Waals surface area contributed by atoms with Crippen LogP contribution in [0.4, 0.5) is 5.69 Å². The van der Waals surface area contributed by atoms with Gasteiger partial charge in [-0.15, -0.1) is 0 Å². The van der Waals surface area contributed by atoms with Crippen molar-refractivity contribution in [3.63, 3.8) is 0 Å². The van der Waals surface area contributed by atoms with Gasteiger partial charge in [0.15, 0.2) is 0 Å². The summed E-state index contributed by atoms with van der Waals surface area (Å²) in [5.74, 6) is 1.60. The summed E-state index contributed by atoms with van der Waals surface area (Å²) in [6, 6.07) is 10.2. The van der Waals surface area contributed by atoms with Gasteiger partial charge in [0.2, 0.25) is 0 Å². The van der Waals surface area contributed by atoms with Crippen LogP contribution in [0.3, 0.4) is 0 Å². The predicted octanol–water partition coefficient (Wildman–Crippen LogP) is 4.13. The lowest BCUT2D eigenvalue weighted by molar-refractivity contribution is 0.397. The molecule has 0 unspecified atom stereocenters. The molecular weight excluding hydrogens is 314 g/mol. The molecule has 0 saturated carbocycles. The van der Waals surface area contributed by atoms with E-state index < -0.39 is 0 Å². The van der Waals surface area contributed by atoms with Gasteiger partial charge in [0.1, 0.15) is 11.5 Å². The lowest BCUT2D eigenvalue weighted by Crippen LogP contribution is -2.20. The molecule has 0 amide bonds. The summed E-state index contributed by atoms with van der Waals surface area (Å²) in [7, 11) is 1.69. The molecule has 2 aromatic heterocycles. The molecule has 25 heavy (non-hydrogen) atoms. The Bertz CT molecular complexity index is 916. The highest BCUT2D eigenvalue weighted by Gasteiger charge is 2.20. The van der Waals surface area contributed by atoms with Crippen LogP contribution in [0, 0.1) is 6.92 Å². The van der Waals surface area contributed by atoms with Crippen molar-refractivity contribution >= 4 is 5.69 Å².